The van der Waals surface area contributed by atoms with Crippen LogP contribution in [0.3, 0.4) is 0 Å². The van der Waals surface area contributed by atoms with E-state index in [0.717, 1.165) is 42.0 Å². The van der Waals surface area contributed by atoms with Gasteiger partial charge in [0, 0.05) is 24.6 Å². The van der Waals surface area contributed by atoms with E-state index in [1.54, 1.807) is 6.92 Å². The van der Waals surface area contributed by atoms with Crippen LogP contribution >= 0.6 is 12.4 Å². The standard InChI is InChI=1S/C18H23NO4.ClH/c1-11-6-15(22-10-14-8-19-4-5-21-9-14)17-12(2)13(3)18(20)23-16(17)7-11;/h6-7,14,19H,4-5,8-10H2,1-3H3;1H. The molecule has 0 bridgehead atoms. The Morgan fingerprint density at radius 3 is 2.83 bits per heavy atom. The van der Waals surface area contributed by atoms with E-state index in [1.807, 2.05) is 26.0 Å². The van der Waals surface area contributed by atoms with Crippen LogP contribution in [0.15, 0.2) is 21.3 Å². The van der Waals surface area contributed by atoms with Crippen molar-refractivity contribution in [1.82, 2.24) is 5.32 Å². The van der Waals surface area contributed by atoms with Crippen molar-refractivity contribution in [2.45, 2.75) is 20.8 Å². The lowest BCUT2D eigenvalue weighted by atomic mass is 10.0. The van der Waals surface area contributed by atoms with Crippen LogP contribution in [0.5, 0.6) is 5.75 Å². The number of aryl methyl sites for hydroxylation is 2. The van der Waals surface area contributed by atoms with E-state index in [-0.39, 0.29) is 18.0 Å². The fourth-order valence-electron chi connectivity index (χ4n) is 2.88. The van der Waals surface area contributed by atoms with Crippen molar-refractivity contribution >= 4 is 23.4 Å². The number of ether oxygens (including phenoxy) is 2. The third-order valence-corrected chi connectivity index (χ3v) is 4.34. The van der Waals surface area contributed by atoms with Gasteiger partial charge in [0.15, 0.2) is 0 Å². The van der Waals surface area contributed by atoms with Gasteiger partial charge in [0.2, 0.25) is 0 Å². The summed E-state index contributed by atoms with van der Waals surface area (Å²) < 4.78 is 17.1. The maximum atomic E-state index is 11.9. The average Bonchev–Trinajstić information content (AvgIpc) is 2.78. The number of rotatable bonds is 3. The number of hydrogen-bond acceptors (Lipinski definition) is 5. The lowest BCUT2D eigenvalue weighted by molar-refractivity contribution is 0.102. The van der Waals surface area contributed by atoms with Crippen molar-refractivity contribution in [3.63, 3.8) is 0 Å². The first-order valence-electron chi connectivity index (χ1n) is 8.02. The van der Waals surface area contributed by atoms with E-state index in [4.69, 9.17) is 13.9 Å². The summed E-state index contributed by atoms with van der Waals surface area (Å²) in [5.41, 5.74) is 2.86. The molecule has 1 saturated heterocycles. The van der Waals surface area contributed by atoms with Gasteiger partial charge in [-0.3, -0.25) is 0 Å². The highest BCUT2D eigenvalue weighted by Gasteiger charge is 2.17. The fraction of sp³-hybridized carbons (Fsp3) is 0.500. The summed E-state index contributed by atoms with van der Waals surface area (Å²) in [5.74, 6) is 1.08. The van der Waals surface area contributed by atoms with Gasteiger partial charge < -0.3 is 19.2 Å². The first-order chi connectivity index (χ1) is 11.1. The molecule has 1 N–H and O–H groups in total. The molecule has 1 aromatic heterocycles. The van der Waals surface area contributed by atoms with Gasteiger partial charge in [0.25, 0.3) is 0 Å². The van der Waals surface area contributed by atoms with Crippen molar-refractivity contribution in [3.05, 3.63) is 39.2 Å². The van der Waals surface area contributed by atoms with E-state index in [2.05, 4.69) is 5.32 Å². The Labute approximate surface area is 147 Å². The quantitative estimate of drug-likeness (QED) is 0.860. The number of fused-ring (bicyclic) bond motifs is 1. The number of halogens is 1. The van der Waals surface area contributed by atoms with E-state index >= 15 is 0 Å². The molecule has 1 unspecified atom stereocenters. The molecular formula is C18H24ClNO4. The van der Waals surface area contributed by atoms with Crippen LogP contribution in [0, 0.1) is 26.7 Å². The van der Waals surface area contributed by atoms with Gasteiger partial charge in [0.1, 0.15) is 11.3 Å². The Morgan fingerprint density at radius 2 is 2.04 bits per heavy atom. The fourth-order valence-corrected chi connectivity index (χ4v) is 2.88. The first-order valence-corrected chi connectivity index (χ1v) is 8.02. The second kappa shape index (κ2) is 8.01. The van der Waals surface area contributed by atoms with Crippen LogP contribution < -0.4 is 15.7 Å². The van der Waals surface area contributed by atoms with Crippen LogP contribution in [0.1, 0.15) is 16.7 Å². The molecule has 6 heteroatoms. The molecule has 132 valence electrons. The summed E-state index contributed by atoms with van der Waals surface area (Å²) in [7, 11) is 0. The van der Waals surface area contributed by atoms with Crippen LogP contribution in [0.25, 0.3) is 11.0 Å². The van der Waals surface area contributed by atoms with Crippen molar-refractivity contribution < 1.29 is 13.9 Å². The Hall–Kier alpha value is -1.56. The molecule has 1 fully saturated rings. The predicted molar refractivity (Wildman–Crippen MR) is 96.6 cm³/mol. The summed E-state index contributed by atoms with van der Waals surface area (Å²) >= 11 is 0. The van der Waals surface area contributed by atoms with Crippen LogP contribution in [0.4, 0.5) is 0 Å². The van der Waals surface area contributed by atoms with Crippen molar-refractivity contribution in [3.8, 4) is 5.75 Å². The summed E-state index contributed by atoms with van der Waals surface area (Å²) in [4.78, 5) is 11.9. The molecule has 1 aliphatic rings. The molecule has 1 aliphatic heterocycles. The third kappa shape index (κ3) is 3.91. The monoisotopic (exact) mass is 353 g/mol. The molecule has 0 radical (unpaired) electrons. The summed E-state index contributed by atoms with van der Waals surface area (Å²) in [6, 6.07) is 3.88. The van der Waals surface area contributed by atoms with Gasteiger partial charge in [0.05, 0.1) is 25.2 Å². The van der Waals surface area contributed by atoms with Crippen molar-refractivity contribution in [2.24, 2.45) is 5.92 Å². The molecule has 1 atom stereocenters. The van der Waals surface area contributed by atoms with E-state index in [9.17, 15) is 4.79 Å². The molecule has 24 heavy (non-hydrogen) atoms. The topological polar surface area (TPSA) is 60.7 Å². The zero-order chi connectivity index (χ0) is 16.4. The Morgan fingerprint density at radius 1 is 1.25 bits per heavy atom. The minimum atomic E-state index is -0.284. The van der Waals surface area contributed by atoms with Crippen LogP contribution in [-0.2, 0) is 4.74 Å². The van der Waals surface area contributed by atoms with E-state index in [0.29, 0.717) is 30.3 Å². The lowest BCUT2D eigenvalue weighted by Gasteiger charge is -2.17. The van der Waals surface area contributed by atoms with Crippen molar-refractivity contribution in [1.29, 1.82) is 0 Å². The summed E-state index contributed by atoms with van der Waals surface area (Å²) in [5, 5.41) is 4.23. The van der Waals surface area contributed by atoms with Gasteiger partial charge in [-0.1, -0.05) is 0 Å². The number of benzene rings is 1. The molecule has 3 rings (SSSR count). The maximum Gasteiger partial charge on any atom is 0.339 e. The normalized spacial score (nSPS) is 18.0. The molecule has 0 spiro atoms. The SMILES string of the molecule is Cc1cc(OCC2CNCCOC2)c2c(C)c(C)c(=O)oc2c1.Cl. The lowest BCUT2D eigenvalue weighted by Crippen LogP contribution is -2.27. The van der Waals surface area contributed by atoms with E-state index in [1.165, 1.54) is 0 Å². The number of hydrogen-bond donors (Lipinski definition) is 1. The predicted octanol–water partition coefficient (Wildman–Crippen LogP) is 2.75. The van der Waals surface area contributed by atoms with Gasteiger partial charge in [-0.15, -0.1) is 12.4 Å². The molecule has 2 aromatic rings. The molecule has 5 nitrogen and oxygen atoms in total. The molecule has 1 aromatic carbocycles. The molecule has 2 heterocycles. The molecular weight excluding hydrogens is 330 g/mol. The zero-order valence-corrected chi connectivity index (χ0v) is 15.1. The highest BCUT2D eigenvalue weighted by molar-refractivity contribution is 5.88. The van der Waals surface area contributed by atoms with Crippen LogP contribution in [-0.4, -0.2) is 32.9 Å². The first kappa shape index (κ1) is 18.8. The Kier molecular flexibility index (Phi) is 6.27. The van der Waals surface area contributed by atoms with Gasteiger partial charge in [-0.25, -0.2) is 4.79 Å². The minimum absolute atomic E-state index is 0. The Bertz CT molecular complexity index is 764. The van der Waals surface area contributed by atoms with Crippen LogP contribution in [0.2, 0.25) is 0 Å². The third-order valence-electron chi connectivity index (χ3n) is 4.34. The summed E-state index contributed by atoms with van der Waals surface area (Å²) in [6.07, 6.45) is 0. The average molecular weight is 354 g/mol. The molecule has 0 saturated carbocycles. The van der Waals surface area contributed by atoms with Gasteiger partial charge in [-0.05, 0) is 44.0 Å². The smallest absolute Gasteiger partial charge is 0.339 e. The second-order valence-corrected chi connectivity index (χ2v) is 6.23. The second-order valence-electron chi connectivity index (χ2n) is 6.23. The highest BCUT2D eigenvalue weighted by atomic mass is 35.5. The number of nitrogens with one attached hydrogen (secondary N) is 1. The Balaban J connectivity index is 0.00000208. The zero-order valence-electron chi connectivity index (χ0n) is 14.3. The summed E-state index contributed by atoms with van der Waals surface area (Å²) in [6.45, 7) is 9.47. The molecule has 0 aliphatic carbocycles. The maximum absolute atomic E-state index is 11.9. The van der Waals surface area contributed by atoms with Gasteiger partial charge in [-0.2, -0.15) is 0 Å². The molecule has 0 amide bonds. The largest absolute Gasteiger partial charge is 0.492 e. The minimum Gasteiger partial charge on any atom is -0.492 e. The highest BCUT2D eigenvalue weighted by Crippen LogP contribution is 2.31. The van der Waals surface area contributed by atoms with Gasteiger partial charge >= 0.3 is 5.63 Å². The van der Waals surface area contributed by atoms with E-state index < -0.39 is 0 Å². The van der Waals surface area contributed by atoms with Crippen molar-refractivity contribution in [2.75, 3.05) is 32.9 Å².